The number of rotatable bonds is 6. The Morgan fingerprint density at radius 3 is 3.06 bits per heavy atom. The first-order valence-corrected chi connectivity index (χ1v) is 4.87. The van der Waals surface area contributed by atoms with Crippen LogP contribution in [0.3, 0.4) is 0 Å². The molecule has 0 saturated carbocycles. The summed E-state index contributed by atoms with van der Waals surface area (Å²) in [6.45, 7) is 0.181. The lowest BCUT2D eigenvalue weighted by Crippen LogP contribution is -2.29. The summed E-state index contributed by atoms with van der Waals surface area (Å²) in [6, 6.07) is 2.99. The fraction of sp³-hybridized carbons (Fsp3) is 0.333. The van der Waals surface area contributed by atoms with E-state index in [1.807, 2.05) is 5.43 Å². The molecule has 3 N–H and O–H groups in total. The van der Waals surface area contributed by atoms with Crippen molar-refractivity contribution in [1.29, 1.82) is 0 Å². The molecule has 0 aromatic carbocycles. The van der Waals surface area contributed by atoms with E-state index in [4.69, 9.17) is 10.6 Å². The Morgan fingerprint density at radius 1 is 1.65 bits per heavy atom. The van der Waals surface area contributed by atoms with Crippen molar-refractivity contribution >= 4 is 11.7 Å². The molecular formula is C9H12N4O4. The van der Waals surface area contributed by atoms with Crippen LogP contribution in [0, 0.1) is 10.1 Å². The summed E-state index contributed by atoms with van der Waals surface area (Å²) in [5.41, 5.74) is 1.98. The third kappa shape index (κ3) is 4.03. The van der Waals surface area contributed by atoms with Crippen molar-refractivity contribution in [3.63, 3.8) is 0 Å². The number of nitrogens with zero attached hydrogens (tertiary/aromatic N) is 2. The molecular weight excluding hydrogens is 228 g/mol. The first-order chi connectivity index (χ1) is 8.15. The highest BCUT2D eigenvalue weighted by Gasteiger charge is 2.15. The Hall–Kier alpha value is -2.22. The van der Waals surface area contributed by atoms with Crippen LogP contribution in [0.25, 0.3) is 0 Å². The van der Waals surface area contributed by atoms with Gasteiger partial charge in [-0.15, -0.1) is 0 Å². The smallest absolute Gasteiger partial charge is 0.406 e. The lowest BCUT2D eigenvalue weighted by molar-refractivity contribution is -0.390. The number of nitrogens with one attached hydrogen (secondary N) is 1. The molecule has 0 bridgehead atoms. The summed E-state index contributed by atoms with van der Waals surface area (Å²) in [7, 11) is 0. The topological polar surface area (TPSA) is 120 Å². The average molecular weight is 240 g/mol. The highest BCUT2D eigenvalue weighted by atomic mass is 16.6. The third-order valence-electron chi connectivity index (χ3n) is 1.89. The van der Waals surface area contributed by atoms with Crippen LogP contribution in [0.15, 0.2) is 18.3 Å². The van der Waals surface area contributed by atoms with Gasteiger partial charge in [0.2, 0.25) is 11.7 Å². The minimum absolute atomic E-state index is 0.0886. The SMILES string of the molecule is NNC(=O)CCCOc1cccnc1[N+](=O)[O-]. The molecule has 17 heavy (non-hydrogen) atoms. The van der Waals surface area contributed by atoms with Crippen LogP contribution in [0.1, 0.15) is 12.8 Å². The van der Waals surface area contributed by atoms with Gasteiger partial charge >= 0.3 is 5.82 Å². The van der Waals surface area contributed by atoms with E-state index in [1.54, 1.807) is 0 Å². The van der Waals surface area contributed by atoms with Crippen LogP contribution in [0.4, 0.5) is 5.82 Å². The number of nitro groups is 1. The first kappa shape index (κ1) is 12.8. The number of carbonyl (C=O) groups excluding carboxylic acids is 1. The second-order valence-electron chi connectivity index (χ2n) is 3.10. The van der Waals surface area contributed by atoms with E-state index < -0.39 is 4.92 Å². The Balaban J connectivity index is 2.46. The lowest BCUT2D eigenvalue weighted by Gasteiger charge is -2.05. The van der Waals surface area contributed by atoms with Crippen LogP contribution >= 0.6 is 0 Å². The van der Waals surface area contributed by atoms with E-state index in [0.717, 1.165) is 0 Å². The zero-order chi connectivity index (χ0) is 12.7. The summed E-state index contributed by atoms with van der Waals surface area (Å²) in [4.78, 5) is 24.3. The second kappa shape index (κ2) is 6.38. The predicted octanol–water partition coefficient (Wildman–Crippen LogP) is 0.139. The van der Waals surface area contributed by atoms with Crippen LogP contribution in [-0.4, -0.2) is 22.4 Å². The molecule has 8 heteroatoms. The lowest BCUT2D eigenvalue weighted by atomic mass is 10.3. The molecule has 0 fully saturated rings. The van der Waals surface area contributed by atoms with E-state index in [9.17, 15) is 14.9 Å². The normalized spacial score (nSPS) is 9.71. The maximum Gasteiger partial charge on any atom is 0.406 e. The largest absolute Gasteiger partial charge is 0.486 e. The number of pyridine rings is 1. The van der Waals surface area contributed by atoms with Crippen molar-refractivity contribution in [2.24, 2.45) is 5.84 Å². The number of hydrazine groups is 1. The molecule has 1 rings (SSSR count). The van der Waals surface area contributed by atoms with E-state index in [-0.39, 0.29) is 30.5 Å². The molecule has 1 heterocycles. The molecule has 1 aromatic rings. The number of hydrogen-bond donors (Lipinski definition) is 2. The summed E-state index contributed by atoms with van der Waals surface area (Å²) in [5.74, 6) is 4.33. The van der Waals surface area contributed by atoms with Gasteiger partial charge in [0.1, 0.15) is 6.20 Å². The zero-order valence-corrected chi connectivity index (χ0v) is 8.96. The summed E-state index contributed by atoms with van der Waals surface area (Å²) in [5, 5.41) is 10.6. The molecule has 1 aromatic heterocycles. The highest BCUT2D eigenvalue weighted by molar-refractivity contribution is 5.75. The molecule has 0 saturated heterocycles. The third-order valence-corrected chi connectivity index (χ3v) is 1.89. The van der Waals surface area contributed by atoms with Crippen molar-refractivity contribution in [3.05, 3.63) is 28.4 Å². The molecule has 0 unspecified atom stereocenters. The van der Waals surface area contributed by atoms with Gasteiger partial charge in [-0.2, -0.15) is 0 Å². The molecule has 0 aliphatic carbocycles. The number of hydrogen-bond acceptors (Lipinski definition) is 6. The molecule has 8 nitrogen and oxygen atoms in total. The van der Waals surface area contributed by atoms with Gasteiger partial charge in [0.05, 0.1) is 6.61 Å². The Labute approximate surface area is 96.9 Å². The van der Waals surface area contributed by atoms with Crippen LogP contribution in [0.2, 0.25) is 0 Å². The monoisotopic (exact) mass is 240 g/mol. The fourth-order valence-corrected chi connectivity index (χ4v) is 1.12. The number of nitrogens with two attached hydrogens (primary N) is 1. The summed E-state index contributed by atoms with van der Waals surface area (Å²) in [6.07, 6.45) is 1.92. The van der Waals surface area contributed by atoms with E-state index in [2.05, 4.69) is 4.98 Å². The van der Waals surface area contributed by atoms with E-state index >= 15 is 0 Å². The average Bonchev–Trinajstić information content (AvgIpc) is 2.34. The van der Waals surface area contributed by atoms with Gasteiger partial charge in [-0.1, -0.05) is 0 Å². The van der Waals surface area contributed by atoms with Gasteiger partial charge in [0, 0.05) is 6.42 Å². The maximum atomic E-state index is 10.8. The van der Waals surface area contributed by atoms with Crippen LogP contribution < -0.4 is 16.0 Å². The molecule has 1 amide bonds. The molecule has 0 radical (unpaired) electrons. The highest BCUT2D eigenvalue weighted by Crippen LogP contribution is 2.22. The summed E-state index contributed by atoms with van der Waals surface area (Å²) >= 11 is 0. The predicted molar refractivity (Wildman–Crippen MR) is 58.0 cm³/mol. The van der Waals surface area contributed by atoms with E-state index in [0.29, 0.717) is 6.42 Å². The number of amides is 1. The zero-order valence-electron chi connectivity index (χ0n) is 8.96. The quantitative estimate of drug-likeness (QED) is 0.240. The van der Waals surface area contributed by atoms with Crippen molar-refractivity contribution in [1.82, 2.24) is 10.4 Å². The van der Waals surface area contributed by atoms with Crippen molar-refractivity contribution < 1.29 is 14.5 Å². The molecule has 0 aliphatic rings. The van der Waals surface area contributed by atoms with Crippen molar-refractivity contribution in [3.8, 4) is 5.75 Å². The Kier molecular flexibility index (Phi) is 4.82. The molecule has 0 aliphatic heterocycles. The number of ether oxygens (including phenoxy) is 1. The van der Waals surface area contributed by atoms with Gasteiger partial charge in [0.15, 0.2) is 0 Å². The van der Waals surface area contributed by atoms with Gasteiger partial charge in [0.25, 0.3) is 0 Å². The maximum absolute atomic E-state index is 10.8. The minimum Gasteiger partial charge on any atom is -0.486 e. The Bertz CT molecular complexity index is 410. The van der Waals surface area contributed by atoms with Crippen LogP contribution in [0.5, 0.6) is 5.75 Å². The first-order valence-electron chi connectivity index (χ1n) is 4.87. The van der Waals surface area contributed by atoms with E-state index in [1.165, 1.54) is 18.3 Å². The Morgan fingerprint density at radius 2 is 2.41 bits per heavy atom. The number of carbonyl (C=O) groups is 1. The van der Waals surface area contributed by atoms with Gasteiger partial charge in [-0.05, 0) is 28.5 Å². The molecule has 0 spiro atoms. The summed E-state index contributed by atoms with van der Waals surface area (Å²) < 4.78 is 5.17. The van der Waals surface area contributed by atoms with Gasteiger partial charge < -0.3 is 14.9 Å². The van der Waals surface area contributed by atoms with Crippen LogP contribution in [-0.2, 0) is 4.79 Å². The molecule has 92 valence electrons. The second-order valence-corrected chi connectivity index (χ2v) is 3.10. The van der Waals surface area contributed by atoms with Crippen molar-refractivity contribution in [2.45, 2.75) is 12.8 Å². The minimum atomic E-state index is -0.623. The standard InChI is InChI=1S/C9H12N4O4/c10-12-8(14)4-2-6-17-7-3-1-5-11-9(7)13(15)16/h1,3,5H,2,4,6,10H2,(H,12,14). The van der Waals surface area contributed by atoms with Gasteiger partial charge in [-0.25, -0.2) is 5.84 Å². The van der Waals surface area contributed by atoms with Gasteiger partial charge in [-0.3, -0.25) is 10.2 Å². The van der Waals surface area contributed by atoms with Crippen molar-refractivity contribution in [2.75, 3.05) is 6.61 Å². The fourth-order valence-electron chi connectivity index (χ4n) is 1.12. The number of aromatic nitrogens is 1. The molecule has 0 atom stereocenters.